The lowest BCUT2D eigenvalue weighted by Gasteiger charge is -2.28. The molecule has 0 saturated carbocycles. The Bertz CT molecular complexity index is 1420. The van der Waals surface area contributed by atoms with E-state index in [0.717, 1.165) is 83.5 Å². The molecule has 0 rings (SSSR count). The zero-order valence-corrected chi connectivity index (χ0v) is 40.4. The van der Waals surface area contributed by atoms with Crippen LogP contribution in [0.15, 0.2) is 109 Å². The number of carbonyl (C=O) groups is 2. The molecule has 0 saturated heterocycles. The average Bonchev–Trinajstić information content (AvgIpc) is 3.23. The number of hydrogen-bond acceptors (Lipinski definition) is 8. The van der Waals surface area contributed by atoms with Gasteiger partial charge in [0.05, 0.1) is 27.7 Å². The number of esters is 2. The average molecular weight is 884 g/mol. The standard InChI is InChI=1S/C52H86NO8P/c1-6-8-10-12-14-16-18-20-21-22-23-24-25-26-27-28-29-30-31-33-35-37-39-41-43-45-52(55)61-50(49-60-62(56,57)59-47-46-53(3,4)5)48-58-51(54)44-42-40-38-36-34-32-19-17-15-13-11-9-7-2/h8-11,14-17,20-21,23-24,26-27,32,34,38,40,50H,6-7,12-13,18-19,22,25,28-31,33,35-37,39,41-49H2,1-5H3/b10-8-,11-9-,16-14-,17-15-,21-20-,24-23-,27-26-,34-32-,40-38-. The van der Waals surface area contributed by atoms with Crippen LogP contribution in [0.3, 0.4) is 0 Å². The first-order chi connectivity index (χ1) is 30.0. The molecule has 0 N–H and O–H groups in total. The maximum atomic E-state index is 12.7. The molecule has 2 atom stereocenters. The van der Waals surface area contributed by atoms with Gasteiger partial charge in [-0.05, 0) is 83.5 Å². The Morgan fingerprint density at radius 3 is 1.35 bits per heavy atom. The highest BCUT2D eigenvalue weighted by molar-refractivity contribution is 7.45. The van der Waals surface area contributed by atoms with E-state index in [1.165, 1.54) is 32.1 Å². The van der Waals surface area contributed by atoms with Crippen molar-refractivity contribution in [3.8, 4) is 0 Å². The lowest BCUT2D eigenvalue weighted by molar-refractivity contribution is -0.870. The minimum Gasteiger partial charge on any atom is -0.756 e. The van der Waals surface area contributed by atoms with Crippen molar-refractivity contribution in [3.63, 3.8) is 0 Å². The molecule has 0 aromatic carbocycles. The first-order valence-corrected chi connectivity index (χ1v) is 25.1. The van der Waals surface area contributed by atoms with Crippen LogP contribution in [-0.2, 0) is 32.7 Å². The number of unbranched alkanes of at least 4 members (excludes halogenated alkanes) is 9. The van der Waals surface area contributed by atoms with Crippen LogP contribution in [0.5, 0.6) is 0 Å². The fraction of sp³-hybridized carbons (Fsp3) is 0.615. The van der Waals surface area contributed by atoms with Gasteiger partial charge in [-0.1, -0.05) is 168 Å². The molecule has 0 aliphatic rings. The largest absolute Gasteiger partial charge is 0.756 e. The molecule has 62 heavy (non-hydrogen) atoms. The second-order valence-electron chi connectivity index (χ2n) is 16.4. The predicted octanol–water partition coefficient (Wildman–Crippen LogP) is 13.3. The zero-order valence-electron chi connectivity index (χ0n) is 39.5. The predicted molar refractivity (Wildman–Crippen MR) is 258 cm³/mol. The summed E-state index contributed by atoms with van der Waals surface area (Å²) in [6.45, 7) is 3.88. The van der Waals surface area contributed by atoms with E-state index in [1.54, 1.807) is 0 Å². The number of quaternary nitrogens is 1. The molecular formula is C52H86NO8P. The van der Waals surface area contributed by atoms with Gasteiger partial charge in [0.25, 0.3) is 7.82 Å². The quantitative estimate of drug-likeness (QED) is 0.0196. The van der Waals surface area contributed by atoms with Crippen molar-refractivity contribution in [3.05, 3.63) is 109 Å². The van der Waals surface area contributed by atoms with E-state index in [9.17, 15) is 19.0 Å². The number of carbonyl (C=O) groups excluding carboxylic acids is 2. The molecule has 0 aromatic rings. The summed E-state index contributed by atoms with van der Waals surface area (Å²) in [5, 5.41) is 0. The summed E-state index contributed by atoms with van der Waals surface area (Å²) in [4.78, 5) is 37.6. The van der Waals surface area contributed by atoms with Crippen LogP contribution in [0.4, 0.5) is 0 Å². The minimum atomic E-state index is -4.65. The van der Waals surface area contributed by atoms with E-state index < -0.39 is 32.5 Å². The Hall–Kier alpha value is -3.33. The number of nitrogens with zero attached hydrogens (tertiary/aromatic N) is 1. The number of rotatable bonds is 41. The highest BCUT2D eigenvalue weighted by Gasteiger charge is 2.21. The van der Waals surface area contributed by atoms with E-state index in [4.69, 9.17) is 18.5 Å². The van der Waals surface area contributed by atoms with Gasteiger partial charge in [0.1, 0.15) is 19.8 Å². The Balaban J connectivity index is 4.35. The van der Waals surface area contributed by atoms with Crippen molar-refractivity contribution in [2.75, 3.05) is 47.5 Å². The number of phosphoric ester groups is 1. The first-order valence-electron chi connectivity index (χ1n) is 23.6. The van der Waals surface area contributed by atoms with Gasteiger partial charge >= 0.3 is 11.9 Å². The minimum absolute atomic E-state index is 0.0488. The summed E-state index contributed by atoms with van der Waals surface area (Å²) < 4.78 is 33.8. The van der Waals surface area contributed by atoms with Gasteiger partial charge in [-0.3, -0.25) is 14.2 Å². The highest BCUT2D eigenvalue weighted by Crippen LogP contribution is 2.38. The van der Waals surface area contributed by atoms with E-state index in [0.29, 0.717) is 23.9 Å². The molecule has 0 heterocycles. The third-order valence-corrected chi connectivity index (χ3v) is 10.3. The second-order valence-corrected chi connectivity index (χ2v) is 17.8. The molecule has 0 fully saturated rings. The van der Waals surface area contributed by atoms with Gasteiger partial charge in [-0.25, -0.2) is 0 Å². The van der Waals surface area contributed by atoms with Crippen LogP contribution in [0, 0.1) is 0 Å². The van der Waals surface area contributed by atoms with Gasteiger partial charge in [0.15, 0.2) is 6.10 Å². The van der Waals surface area contributed by atoms with Gasteiger partial charge in [0, 0.05) is 12.8 Å². The number of phosphoric acid groups is 1. The molecule has 0 radical (unpaired) electrons. The zero-order chi connectivity index (χ0) is 45.7. The monoisotopic (exact) mass is 884 g/mol. The van der Waals surface area contributed by atoms with Crippen molar-refractivity contribution in [2.24, 2.45) is 0 Å². The van der Waals surface area contributed by atoms with E-state index in [1.807, 2.05) is 33.3 Å². The first kappa shape index (κ1) is 58.7. The van der Waals surface area contributed by atoms with Crippen molar-refractivity contribution in [1.82, 2.24) is 0 Å². The molecule has 2 unspecified atom stereocenters. The smallest absolute Gasteiger partial charge is 0.306 e. The summed E-state index contributed by atoms with van der Waals surface area (Å²) >= 11 is 0. The molecule has 10 heteroatoms. The lowest BCUT2D eigenvalue weighted by atomic mass is 10.1. The van der Waals surface area contributed by atoms with Crippen LogP contribution in [0.2, 0.25) is 0 Å². The normalized spacial score (nSPS) is 14.5. The maximum Gasteiger partial charge on any atom is 0.306 e. The van der Waals surface area contributed by atoms with Gasteiger partial charge in [-0.15, -0.1) is 0 Å². The van der Waals surface area contributed by atoms with Crippen molar-refractivity contribution in [2.45, 2.75) is 161 Å². The molecule has 0 aliphatic carbocycles. The molecule has 0 aromatic heterocycles. The number of likely N-dealkylation sites (N-methyl/N-ethyl adjacent to an activating group) is 1. The summed E-state index contributed by atoms with van der Waals surface area (Å²) in [5.41, 5.74) is 0. The van der Waals surface area contributed by atoms with Crippen LogP contribution >= 0.6 is 7.82 Å². The summed E-state index contributed by atoms with van der Waals surface area (Å²) in [7, 11) is 1.11. The Morgan fingerprint density at radius 2 is 0.903 bits per heavy atom. The fourth-order valence-electron chi connectivity index (χ4n) is 5.69. The van der Waals surface area contributed by atoms with Crippen molar-refractivity contribution in [1.29, 1.82) is 0 Å². The number of allylic oxidation sites excluding steroid dienone is 18. The SMILES string of the molecule is CC/C=C\C/C=C\C/C=C\C/C=C\C/C=C\CCCCCCCCCCCC(=O)OC(COC(=O)CC/C=C\C/C=C\C/C=C\C/C=C\CC)COP(=O)([O-])OCC[N+](C)(C)C. The molecular weight excluding hydrogens is 798 g/mol. The Labute approximate surface area is 378 Å². The van der Waals surface area contributed by atoms with Crippen LogP contribution < -0.4 is 4.89 Å². The van der Waals surface area contributed by atoms with Gasteiger partial charge < -0.3 is 27.9 Å². The fourth-order valence-corrected chi connectivity index (χ4v) is 6.42. The Kier molecular flexibility index (Phi) is 40.6. The van der Waals surface area contributed by atoms with E-state index in [2.05, 4.69) is 111 Å². The molecule has 0 bridgehead atoms. The van der Waals surface area contributed by atoms with Crippen LogP contribution in [0.25, 0.3) is 0 Å². The van der Waals surface area contributed by atoms with Crippen LogP contribution in [-0.4, -0.2) is 70.0 Å². The molecule has 352 valence electrons. The van der Waals surface area contributed by atoms with Gasteiger partial charge in [0.2, 0.25) is 0 Å². The topological polar surface area (TPSA) is 111 Å². The molecule has 0 aliphatic heterocycles. The molecule has 0 amide bonds. The Morgan fingerprint density at radius 1 is 0.500 bits per heavy atom. The van der Waals surface area contributed by atoms with Crippen molar-refractivity contribution >= 4 is 19.8 Å². The number of hydrogen-bond donors (Lipinski definition) is 0. The lowest BCUT2D eigenvalue weighted by Crippen LogP contribution is -2.37. The van der Waals surface area contributed by atoms with Crippen LogP contribution in [0.1, 0.15) is 155 Å². The second kappa shape index (κ2) is 42.9. The molecule has 0 spiro atoms. The van der Waals surface area contributed by atoms with Gasteiger partial charge in [-0.2, -0.15) is 0 Å². The number of ether oxygens (including phenoxy) is 2. The third-order valence-electron chi connectivity index (χ3n) is 9.30. The maximum absolute atomic E-state index is 12.7. The third kappa shape index (κ3) is 46.2. The summed E-state index contributed by atoms with van der Waals surface area (Å²) in [6.07, 6.45) is 58.5. The summed E-state index contributed by atoms with van der Waals surface area (Å²) in [5.74, 6) is -0.947. The van der Waals surface area contributed by atoms with E-state index >= 15 is 0 Å². The highest BCUT2D eigenvalue weighted by atomic mass is 31.2. The molecule has 9 nitrogen and oxygen atoms in total. The summed E-state index contributed by atoms with van der Waals surface area (Å²) in [6, 6.07) is 0. The van der Waals surface area contributed by atoms with Crippen molar-refractivity contribution < 1.29 is 42.1 Å². The van der Waals surface area contributed by atoms with E-state index in [-0.39, 0.29) is 26.1 Å².